The van der Waals surface area contributed by atoms with Crippen molar-refractivity contribution in [3.05, 3.63) is 11.9 Å². The average Bonchev–Trinajstić information content (AvgIpc) is 2.96. The van der Waals surface area contributed by atoms with Crippen LogP contribution < -0.4 is 5.32 Å². The Labute approximate surface area is 121 Å². The van der Waals surface area contributed by atoms with Crippen LogP contribution in [-0.2, 0) is 11.3 Å². The van der Waals surface area contributed by atoms with Gasteiger partial charge in [0.05, 0.1) is 29.1 Å². The van der Waals surface area contributed by atoms with Crippen LogP contribution in [0, 0.1) is 5.92 Å². The molecule has 2 heterocycles. The summed E-state index contributed by atoms with van der Waals surface area (Å²) in [5.74, 6) is 0.896. The molecule has 1 aromatic heterocycles. The summed E-state index contributed by atoms with van der Waals surface area (Å²) in [4.78, 5) is 0. The van der Waals surface area contributed by atoms with Gasteiger partial charge in [0.1, 0.15) is 0 Å². The first kappa shape index (κ1) is 14.0. The van der Waals surface area contributed by atoms with Crippen LogP contribution in [0.1, 0.15) is 58.7 Å². The van der Waals surface area contributed by atoms with Crippen molar-refractivity contribution in [2.24, 2.45) is 5.92 Å². The van der Waals surface area contributed by atoms with E-state index in [4.69, 9.17) is 4.74 Å². The molecule has 0 aromatic carbocycles. The number of nitrogens with one attached hydrogen (secondary N) is 1. The molecule has 1 saturated heterocycles. The topological polar surface area (TPSA) is 52.0 Å². The molecule has 1 atom stereocenters. The van der Waals surface area contributed by atoms with Crippen LogP contribution in [0.15, 0.2) is 6.20 Å². The number of nitrogens with zero attached hydrogens (tertiary/aromatic N) is 3. The molecule has 2 aliphatic rings. The first-order chi connectivity index (χ1) is 9.36. The van der Waals surface area contributed by atoms with Crippen molar-refractivity contribution in [3.8, 4) is 0 Å². The molecule has 0 radical (unpaired) electrons. The summed E-state index contributed by atoms with van der Waals surface area (Å²) >= 11 is 0. The summed E-state index contributed by atoms with van der Waals surface area (Å²) < 4.78 is 8.12. The van der Waals surface area contributed by atoms with E-state index in [1.165, 1.54) is 12.8 Å². The van der Waals surface area contributed by atoms with E-state index in [2.05, 4.69) is 49.5 Å². The third-order valence-corrected chi connectivity index (χ3v) is 4.34. The summed E-state index contributed by atoms with van der Waals surface area (Å²) in [7, 11) is 0. The number of hydrogen-bond donors (Lipinski definition) is 1. The maximum absolute atomic E-state index is 6.13. The van der Waals surface area contributed by atoms with Gasteiger partial charge in [-0.1, -0.05) is 5.21 Å². The van der Waals surface area contributed by atoms with Crippen LogP contribution in [-0.4, -0.2) is 32.7 Å². The van der Waals surface area contributed by atoms with Crippen molar-refractivity contribution in [2.75, 3.05) is 6.54 Å². The van der Waals surface area contributed by atoms with Crippen LogP contribution in [0.4, 0.5) is 0 Å². The molecule has 20 heavy (non-hydrogen) atoms. The lowest BCUT2D eigenvalue weighted by atomic mass is 9.95. The lowest BCUT2D eigenvalue weighted by Gasteiger charge is -2.26. The van der Waals surface area contributed by atoms with Crippen molar-refractivity contribution in [1.29, 1.82) is 0 Å². The third-order valence-electron chi connectivity index (χ3n) is 4.34. The highest BCUT2D eigenvalue weighted by atomic mass is 16.5. The van der Waals surface area contributed by atoms with E-state index in [0.717, 1.165) is 31.1 Å². The number of aromatic nitrogens is 3. The van der Waals surface area contributed by atoms with E-state index < -0.39 is 0 Å². The number of rotatable bonds is 5. The molecule has 0 bridgehead atoms. The zero-order valence-electron chi connectivity index (χ0n) is 13.0. The zero-order valence-corrected chi connectivity index (χ0v) is 13.0. The van der Waals surface area contributed by atoms with E-state index >= 15 is 0 Å². The summed E-state index contributed by atoms with van der Waals surface area (Å²) in [6.07, 6.45) is 5.79. The fourth-order valence-electron chi connectivity index (χ4n) is 3.22. The Morgan fingerprint density at radius 2 is 2.10 bits per heavy atom. The van der Waals surface area contributed by atoms with Crippen LogP contribution >= 0.6 is 0 Å². The van der Waals surface area contributed by atoms with Crippen molar-refractivity contribution >= 4 is 0 Å². The third kappa shape index (κ3) is 3.04. The second-order valence-electron chi connectivity index (χ2n) is 7.45. The normalized spacial score (nSPS) is 27.9. The molecular formula is C15H26N4O. The predicted octanol–water partition coefficient (Wildman–Crippen LogP) is 2.30. The Bertz CT molecular complexity index is 476. The van der Waals surface area contributed by atoms with E-state index in [0.29, 0.717) is 0 Å². The van der Waals surface area contributed by atoms with Gasteiger partial charge >= 0.3 is 0 Å². The molecule has 0 spiro atoms. The van der Waals surface area contributed by atoms with Gasteiger partial charge < -0.3 is 10.1 Å². The van der Waals surface area contributed by atoms with E-state index in [1.807, 2.05) is 4.68 Å². The monoisotopic (exact) mass is 278 g/mol. The predicted molar refractivity (Wildman–Crippen MR) is 77.3 cm³/mol. The highest BCUT2D eigenvalue weighted by Gasteiger charge is 2.47. The smallest absolute Gasteiger partial charge is 0.0964 e. The molecule has 1 unspecified atom stereocenters. The minimum absolute atomic E-state index is 0.0928. The van der Waals surface area contributed by atoms with Gasteiger partial charge in [0.25, 0.3) is 0 Å². The molecule has 1 N–H and O–H groups in total. The van der Waals surface area contributed by atoms with Gasteiger partial charge in [0.15, 0.2) is 0 Å². The van der Waals surface area contributed by atoms with Gasteiger partial charge in [-0.25, -0.2) is 4.68 Å². The lowest BCUT2D eigenvalue weighted by molar-refractivity contribution is -0.0738. The molecule has 0 amide bonds. The first-order valence-corrected chi connectivity index (χ1v) is 7.67. The quantitative estimate of drug-likeness (QED) is 0.898. The second-order valence-corrected chi connectivity index (χ2v) is 7.45. The minimum Gasteiger partial charge on any atom is -0.367 e. The average molecular weight is 278 g/mol. The maximum Gasteiger partial charge on any atom is 0.0964 e. The summed E-state index contributed by atoms with van der Waals surface area (Å²) in [6.45, 7) is 10.5. The highest BCUT2D eigenvalue weighted by Crippen LogP contribution is 2.44. The summed E-state index contributed by atoms with van der Waals surface area (Å²) in [5, 5.41) is 12.1. The molecule has 5 heteroatoms. The fraction of sp³-hybridized carbons (Fsp3) is 0.867. The van der Waals surface area contributed by atoms with Gasteiger partial charge in [-0.05, 0) is 53.0 Å². The Morgan fingerprint density at radius 3 is 2.70 bits per heavy atom. The Balaban J connectivity index is 1.63. The minimum atomic E-state index is -0.199. The molecule has 2 fully saturated rings. The molecule has 3 rings (SSSR count). The Morgan fingerprint density at radius 1 is 1.35 bits per heavy atom. The molecule has 112 valence electrons. The van der Waals surface area contributed by atoms with Crippen molar-refractivity contribution in [2.45, 2.75) is 70.7 Å². The number of hydrogen-bond acceptors (Lipinski definition) is 4. The van der Waals surface area contributed by atoms with Gasteiger partial charge in [-0.3, -0.25) is 0 Å². The van der Waals surface area contributed by atoms with Gasteiger partial charge in [0.2, 0.25) is 0 Å². The molecule has 5 nitrogen and oxygen atoms in total. The Kier molecular flexibility index (Phi) is 3.37. The van der Waals surface area contributed by atoms with Crippen LogP contribution in [0.3, 0.4) is 0 Å². The Hall–Kier alpha value is -0.940. The molecule has 1 aliphatic heterocycles. The molecule has 1 aliphatic carbocycles. The van der Waals surface area contributed by atoms with Crippen molar-refractivity contribution in [1.82, 2.24) is 20.3 Å². The van der Waals surface area contributed by atoms with Crippen molar-refractivity contribution in [3.63, 3.8) is 0 Å². The molecular weight excluding hydrogens is 252 g/mol. The molecule has 1 aromatic rings. The molecule has 1 saturated carbocycles. The highest BCUT2D eigenvalue weighted by molar-refractivity contribution is 5.01. The fourth-order valence-corrected chi connectivity index (χ4v) is 3.22. The van der Waals surface area contributed by atoms with E-state index in [9.17, 15) is 0 Å². The SMILES string of the molecule is CC1(C)CC(n2cc(CNCC3CC3)nn2)C(C)(C)O1. The second kappa shape index (κ2) is 4.81. The van der Waals surface area contributed by atoms with Gasteiger partial charge in [0, 0.05) is 13.0 Å². The number of ether oxygens (including phenoxy) is 1. The van der Waals surface area contributed by atoms with E-state index in [-0.39, 0.29) is 17.2 Å². The van der Waals surface area contributed by atoms with E-state index in [1.54, 1.807) is 0 Å². The van der Waals surface area contributed by atoms with Crippen LogP contribution in [0.25, 0.3) is 0 Å². The van der Waals surface area contributed by atoms with Crippen LogP contribution in [0.5, 0.6) is 0 Å². The zero-order chi connectivity index (χ0) is 14.4. The lowest BCUT2D eigenvalue weighted by Crippen LogP contribution is -2.31. The van der Waals surface area contributed by atoms with Crippen LogP contribution in [0.2, 0.25) is 0 Å². The maximum atomic E-state index is 6.13. The van der Waals surface area contributed by atoms with Gasteiger partial charge in [-0.15, -0.1) is 5.10 Å². The first-order valence-electron chi connectivity index (χ1n) is 7.67. The largest absolute Gasteiger partial charge is 0.367 e. The standard InChI is InChI=1S/C15H26N4O/c1-14(2)7-13(15(3,4)20-14)19-10-12(17-18-19)9-16-8-11-5-6-11/h10-11,13,16H,5-9H2,1-4H3. The van der Waals surface area contributed by atoms with Gasteiger partial charge in [-0.2, -0.15) is 0 Å². The summed E-state index contributed by atoms with van der Waals surface area (Å²) in [6, 6.07) is 0.252. The summed E-state index contributed by atoms with van der Waals surface area (Å²) in [5.41, 5.74) is 0.728. The van der Waals surface area contributed by atoms with Crippen molar-refractivity contribution < 1.29 is 4.74 Å².